The molecule has 0 aromatic heterocycles. The number of amides is 1. The minimum Gasteiger partial charge on any atom is -0.399 e. The van der Waals surface area contributed by atoms with Gasteiger partial charge in [-0.05, 0) is 48.5 Å². The largest absolute Gasteiger partial charge is 0.399 e. The van der Waals surface area contributed by atoms with Crippen LogP contribution in [0.2, 0.25) is 5.02 Å². The van der Waals surface area contributed by atoms with Crippen LogP contribution >= 0.6 is 35.8 Å². The topological polar surface area (TPSA) is 55.1 Å². The molecule has 0 atom stereocenters. The fourth-order valence-corrected chi connectivity index (χ4v) is 3.48. The lowest BCUT2D eigenvalue weighted by molar-refractivity contribution is 0.0946. The third-order valence-corrected chi connectivity index (χ3v) is 4.49. The minimum atomic E-state index is -0.113. The number of nitrogen functional groups attached to an aromatic ring is 1. The van der Waals surface area contributed by atoms with E-state index in [1.807, 2.05) is 11.8 Å². The Hall–Kier alpha value is -0.580. The van der Waals surface area contributed by atoms with Crippen molar-refractivity contribution in [2.45, 2.75) is 12.8 Å². The van der Waals surface area contributed by atoms with Crippen LogP contribution in [0.3, 0.4) is 0 Å². The predicted molar refractivity (Wildman–Crippen MR) is 85.5 cm³/mol. The van der Waals surface area contributed by atoms with E-state index in [-0.39, 0.29) is 18.3 Å². The molecule has 3 nitrogen and oxygen atoms in total. The highest BCUT2D eigenvalue weighted by molar-refractivity contribution is 7.99. The van der Waals surface area contributed by atoms with Crippen molar-refractivity contribution in [1.82, 2.24) is 5.32 Å². The summed E-state index contributed by atoms with van der Waals surface area (Å²) in [5.41, 5.74) is 6.67. The summed E-state index contributed by atoms with van der Waals surface area (Å²) in [5, 5.41) is 3.36. The molecule has 3 N–H and O–H groups in total. The molecule has 6 heteroatoms. The van der Waals surface area contributed by atoms with Gasteiger partial charge < -0.3 is 11.1 Å². The first-order valence-electron chi connectivity index (χ1n) is 6.08. The second kappa shape index (κ2) is 7.88. The lowest BCUT2D eigenvalue weighted by atomic mass is 10.0. The van der Waals surface area contributed by atoms with Crippen molar-refractivity contribution < 1.29 is 4.79 Å². The molecule has 1 aromatic carbocycles. The van der Waals surface area contributed by atoms with Crippen molar-refractivity contribution in [1.29, 1.82) is 0 Å². The zero-order valence-electron chi connectivity index (χ0n) is 10.5. The van der Waals surface area contributed by atoms with Gasteiger partial charge >= 0.3 is 0 Å². The van der Waals surface area contributed by atoms with Gasteiger partial charge in [0.1, 0.15) is 0 Å². The van der Waals surface area contributed by atoms with Gasteiger partial charge in [0.15, 0.2) is 0 Å². The Morgan fingerprint density at radius 3 is 2.74 bits per heavy atom. The fraction of sp³-hybridized carbons (Fsp3) is 0.462. The highest BCUT2D eigenvalue weighted by Gasteiger charge is 2.16. The molecule has 0 bridgehead atoms. The van der Waals surface area contributed by atoms with Gasteiger partial charge in [-0.3, -0.25) is 4.79 Å². The summed E-state index contributed by atoms with van der Waals surface area (Å²) in [5.74, 6) is 2.88. The smallest absolute Gasteiger partial charge is 0.252 e. The van der Waals surface area contributed by atoms with Crippen molar-refractivity contribution in [3.8, 4) is 0 Å². The van der Waals surface area contributed by atoms with Crippen molar-refractivity contribution in [3.63, 3.8) is 0 Å². The number of halogens is 2. The number of rotatable bonds is 3. The van der Waals surface area contributed by atoms with Gasteiger partial charge in [-0.2, -0.15) is 11.8 Å². The van der Waals surface area contributed by atoms with Gasteiger partial charge in [-0.1, -0.05) is 11.6 Å². The quantitative estimate of drug-likeness (QED) is 0.841. The van der Waals surface area contributed by atoms with Crippen LogP contribution in [-0.2, 0) is 0 Å². The van der Waals surface area contributed by atoms with Crippen LogP contribution in [0.1, 0.15) is 23.2 Å². The van der Waals surface area contributed by atoms with Crippen LogP contribution in [0.5, 0.6) is 0 Å². The molecule has 0 unspecified atom stereocenters. The number of hydrogen-bond donors (Lipinski definition) is 2. The number of carbonyl (C=O) groups excluding carboxylic acids is 1. The molecule has 106 valence electrons. The number of nitrogens with two attached hydrogens (primary N) is 1. The molecule has 1 saturated heterocycles. The zero-order chi connectivity index (χ0) is 13.0. The molecule has 1 aliphatic rings. The number of thioether (sulfide) groups is 1. The Labute approximate surface area is 129 Å². The average Bonchev–Trinajstić information content (AvgIpc) is 2.37. The van der Waals surface area contributed by atoms with Crippen molar-refractivity contribution in [2.24, 2.45) is 5.92 Å². The van der Waals surface area contributed by atoms with E-state index < -0.39 is 0 Å². The standard InChI is InChI=1S/C13H17ClN2OS.ClH/c14-12-7-10(15)1-2-11(12)13(17)16-8-9-3-5-18-6-4-9;/h1-2,7,9H,3-6,8,15H2,(H,16,17);1H. The molecular weight excluding hydrogens is 303 g/mol. The summed E-state index contributed by atoms with van der Waals surface area (Å²) in [6.07, 6.45) is 2.36. The van der Waals surface area contributed by atoms with E-state index in [0.29, 0.717) is 22.2 Å². The van der Waals surface area contributed by atoms with E-state index in [9.17, 15) is 4.79 Å². The summed E-state index contributed by atoms with van der Waals surface area (Å²) in [4.78, 5) is 12.0. The monoisotopic (exact) mass is 320 g/mol. The van der Waals surface area contributed by atoms with Crippen molar-refractivity contribution >= 4 is 47.4 Å². The highest BCUT2D eigenvalue weighted by Crippen LogP contribution is 2.22. The maximum Gasteiger partial charge on any atom is 0.252 e. The molecule has 1 aromatic rings. The Bertz CT molecular complexity index is 437. The van der Waals surface area contributed by atoms with Crippen LogP contribution in [0, 0.1) is 5.92 Å². The van der Waals surface area contributed by atoms with Gasteiger partial charge in [-0.15, -0.1) is 12.4 Å². The van der Waals surface area contributed by atoms with E-state index in [2.05, 4.69) is 5.32 Å². The van der Waals surface area contributed by atoms with E-state index in [1.165, 1.54) is 24.3 Å². The van der Waals surface area contributed by atoms with Crippen LogP contribution in [-0.4, -0.2) is 24.0 Å². The Kier molecular flexibility index (Phi) is 6.83. The first-order valence-corrected chi connectivity index (χ1v) is 7.61. The lowest BCUT2D eigenvalue weighted by Gasteiger charge is -2.21. The molecule has 19 heavy (non-hydrogen) atoms. The van der Waals surface area contributed by atoms with Crippen molar-refractivity contribution in [3.05, 3.63) is 28.8 Å². The lowest BCUT2D eigenvalue weighted by Crippen LogP contribution is -2.31. The molecule has 1 fully saturated rings. The van der Waals surface area contributed by atoms with E-state index >= 15 is 0 Å². The van der Waals surface area contributed by atoms with Crippen LogP contribution in [0.25, 0.3) is 0 Å². The van der Waals surface area contributed by atoms with E-state index in [0.717, 1.165) is 6.54 Å². The van der Waals surface area contributed by atoms with Gasteiger partial charge in [-0.25, -0.2) is 0 Å². The highest BCUT2D eigenvalue weighted by atomic mass is 35.5. The average molecular weight is 321 g/mol. The fourth-order valence-electron chi connectivity index (χ4n) is 2.00. The molecule has 0 radical (unpaired) electrons. The molecular formula is C13H18Cl2N2OS. The Morgan fingerprint density at radius 1 is 1.42 bits per heavy atom. The van der Waals surface area contributed by atoms with Gasteiger partial charge in [0.2, 0.25) is 0 Å². The molecule has 2 rings (SSSR count). The van der Waals surface area contributed by atoms with Crippen LogP contribution < -0.4 is 11.1 Å². The van der Waals surface area contributed by atoms with E-state index in [1.54, 1.807) is 18.2 Å². The molecule has 0 saturated carbocycles. The van der Waals surface area contributed by atoms with Gasteiger partial charge in [0, 0.05) is 12.2 Å². The first kappa shape index (κ1) is 16.5. The van der Waals surface area contributed by atoms with Crippen LogP contribution in [0.4, 0.5) is 5.69 Å². The van der Waals surface area contributed by atoms with E-state index in [4.69, 9.17) is 17.3 Å². The summed E-state index contributed by atoms with van der Waals surface area (Å²) < 4.78 is 0. The second-order valence-electron chi connectivity index (χ2n) is 4.51. The number of anilines is 1. The molecule has 1 aliphatic heterocycles. The van der Waals surface area contributed by atoms with Gasteiger partial charge in [0.05, 0.1) is 10.6 Å². The number of nitrogens with one attached hydrogen (secondary N) is 1. The third-order valence-electron chi connectivity index (χ3n) is 3.13. The Morgan fingerprint density at radius 2 is 2.11 bits per heavy atom. The van der Waals surface area contributed by atoms with Crippen molar-refractivity contribution in [2.75, 3.05) is 23.8 Å². The maximum atomic E-state index is 12.0. The minimum absolute atomic E-state index is 0. The second-order valence-corrected chi connectivity index (χ2v) is 6.14. The Balaban J connectivity index is 0.00000180. The summed E-state index contributed by atoms with van der Waals surface area (Å²) in [6.45, 7) is 0.736. The number of benzene rings is 1. The molecule has 0 aliphatic carbocycles. The number of hydrogen-bond acceptors (Lipinski definition) is 3. The first-order chi connectivity index (χ1) is 8.66. The SMILES string of the molecule is Cl.Nc1ccc(C(=O)NCC2CCSCC2)c(Cl)c1. The third kappa shape index (κ3) is 4.79. The molecule has 1 amide bonds. The van der Waals surface area contributed by atoms with Gasteiger partial charge in [0.25, 0.3) is 5.91 Å². The maximum absolute atomic E-state index is 12.0. The van der Waals surface area contributed by atoms with Crippen LogP contribution in [0.15, 0.2) is 18.2 Å². The summed E-state index contributed by atoms with van der Waals surface area (Å²) >= 11 is 7.99. The number of carbonyl (C=O) groups is 1. The zero-order valence-corrected chi connectivity index (χ0v) is 12.9. The molecule has 1 heterocycles. The normalized spacial score (nSPS) is 15.6. The predicted octanol–water partition coefficient (Wildman–Crippen LogP) is 3.22. The summed E-state index contributed by atoms with van der Waals surface area (Å²) in [6, 6.07) is 4.97. The summed E-state index contributed by atoms with van der Waals surface area (Å²) in [7, 11) is 0. The molecule has 0 spiro atoms.